The van der Waals surface area contributed by atoms with Crippen molar-refractivity contribution in [2.75, 3.05) is 6.54 Å². The van der Waals surface area contributed by atoms with Crippen LogP contribution in [0.1, 0.15) is 49.4 Å². The Hall–Kier alpha value is -2.97. The lowest BCUT2D eigenvalue weighted by Crippen LogP contribution is -2.48. The third-order valence-electron chi connectivity index (χ3n) is 4.37. The van der Waals surface area contributed by atoms with Gasteiger partial charge in [0.05, 0.1) is 5.56 Å². The lowest BCUT2D eigenvalue weighted by Gasteiger charge is -2.23. The molecule has 1 aromatic carbocycles. The largest absolute Gasteiger partial charge is 0.451 e. The summed E-state index contributed by atoms with van der Waals surface area (Å²) < 4.78 is 18.4. The molecule has 0 bridgehead atoms. The van der Waals surface area contributed by atoms with Crippen LogP contribution in [0.2, 0.25) is 0 Å². The van der Waals surface area contributed by atoms with Crippen LogP contribution in [0.4, 0.5) is 9.18 Å². The fourth-order valence-electron chi connectivity index (χ4n) is 2.87. The van der Waals surface area contributed by atoms with E-state index in [1.807, 2.05) is 0 Å². The molecular formula is C19H24FN3O5. The summed E-state index contributed by atoms with van der Waals surface area (Å²) in [5, 5.41) is 7.06. The van der Waals surface area contributed by atoms with E-state index in [0.29, 0.717) is 0 Å². The van der Waals surface area contributed by atoms with Gasteiger partial charge in [0.15, 0.2) is 6.10 Å². The van der Waals surface area contributed by atoms with Crippen LogP contribution in [-0.2, 0) is 14.3 Å². The summed E-state index contributed by atoms with van der Waals surface area (Å²) in [6, 6.07) is 4.72. The zero-order valence-electron chi connectivity index (χ0n) is 15.6. The summed E-state index contributed by atoms with van der Waals surface area (Å²) in [4.78, 5) is 47.4. The van der Waals surface area contributed by atoms with Crippen molar-refractivity contribution >= 4 is 23.8 Å². The van der Waals surface area contributed by atoms with Crippen LogP contribution in [0.25, 0.3) is 0 Å². The Kier molecular flexibility index (Phi) is 7.91. The first-order chi connectivity index (χ1) is 13.4. The molecule has 28 heavy (non-hydrogen) atoms. The predicted octanol–water partition coefficient (Wildman–Crippen LogP) is 1.65. The normalized spacial score (nSPS) is 15.2. The predicted molar refractivity (Wildman–Crippen MR) is 97.8 cm³/mol. The number of carbonyl (C=O) groups is 4. The molecule has 1 atom stereocenters. The second-order valence-electron chi connectivity index (χ2n) is 6.59. The minimum Gasteiger partial charge on any atom is -0.451 e. The fraction of sp³-hybridized carbons (Fsp3) is 0.474. The Morgan fingerprint density at radius 1 is 1.14 bits per heavy atom. The van der Waals surface area contributed by atoms with Crippen LogP contribution in [0, 0.1) is 5.82 Å². The molecule has 8 nitrogen and oxygen atoms in total. The second kappa shape index (κ2) is 10.4. The second-order valence-corrected chi connectivity index (χ2v) is 6.59. The number of imide groups is 1. The maximum atomic E-state index is 13.5. The lowest BCUT2D eigenvalue weighted by atomic mass is 9.96. The summed E-state index contributed by atoms with van der Waals surface area (Å²) in [6.45, 7) is 0.763. The maximum absolute atomic E-state index is 13.5. The van der Waals surface area contributed by atoms with Gasteiger partial charge in [0, 0.05) is 6.04 Å². The zero-order chi connectivity index (χ0) is 20.5. The molecule has 1 saturated carbocycles. The van der Waals surface area contributed by atoms with Crippen molar-refractivity contribution in [2.24, 2.45) is 0 Å². The van der Waals surface area contributed by atoms with E-state index in [-0.39, 0.29) is 11.6 Å². The molecule has 3 N–H and O–H groups in total. The van der Waals surface area contributed by atoms with Crippen LogP contribution in [0.3, 0.4) is 0 Å². The summed E-state index contributed by atoms with van der Waals surface area (Å²) in [6.07, 6.45) is 3.72. The molecule has 0 spiro atoms. The first-order valence-corrected chi connectivity index (χ1v) is 9.20. The molecule has 9 heteroatoms. The number of hydrogen-bond acceptors (Lipinski definition) is 5. The number of amides is 4. The number of nitrogens with one attached hydrogen (secondary N) is 3. The summed E-state index contributed by atoms with van der Waals surface area (Å²) in [5.74, 6) is -3.16. The van der Waals surface area contributed by atoms with Gasteiger partial charge in [-0.15, -0.1) is 0 Å². The van der Waals surface area contributed by atoms with Crippen molar-refractivity contribution in [3.8, 4) is 0 Å². The molecule has 1 fully saturated rings. The van der Waals surface area contributed by atoms with E-state index in [1.54, 1.807) is 0 Å². The Morgan fingerprint density at radius 3 is 2.50 bits per heavy atom. The van der Waals surface area contributed by atoms with E-state index in [1.165, 1.54) is 25.1 Å². The van der Waals surface area contributed by atoms with Gasteiger partial charge in [-0.3, -0.25) is 19.7 Å². The van der Waals surface area contributed by atoms with Gasteiger partial charge in [-0.25, -0.2) is 9.18 Å². The number of hydrogen-bond donors (Lipinski definition) is 3. The molecule has 0 aromatic heterocycles. The van der Waals surface area contributed by atoms with Crippen LogP contribution >= 0.6 is 0 Å². The number of halogens is 1. The van der Waals surface area contributed by atoms with Gasteiger partial charge in [0.2, 0.25) is 0 Å². The highest BCUT2D eigenvalue weighted by atomic mass is 19.1. The highest BCUT2D eigenvalue weighted by molar-refractivity contribution is 5.98. The number of urea groups is 1. The Morgan fingerprint density at radius 2 is 1.82 bits per heavy atom. The van der Waals surface area contributed by atoms with Crippen molar-refractivity contribution in [1.29, 1.82) is 0 Å². The first kappa shape index (κ1) is 21.3. The Bertz CT molecular complexity index is 734. The molecule has 0 saturated heterocycles. The van der Waals surface area contributed by atoms with E-state index in [2.05, 4.69) is 16.0 Å². The maximum Gasteiger partial charge on any atom is 0.326 e. The number of carbonyl (C=O) groups excluding carboxylic acids is 4. The molecule has 0 aliphatic heterocycles. The van der Waals surface area contributed by atoms with Crippen molar-refractivity contribution < 1.29 is 28.3 Å². The summed E-state index contributed by atoms with van der Waals surface area (Å²) in [7, 11) is 0. The SMILES string of the molecule is C[C@@H](OC(=O)CNC(=O)c1ccccc1F)C(=O)NC(=O)NC1CCCCC1. The third kappa shape index (κ3) is 6.64. The van der Waals surface area contributed by atoms with Gasteiger partial charge in [0.25, 0.3) is 11.8 Å². The Balaban J connectivity index is 1.71. The number of benzene rings is 1. The summed E-state index contributed by atoms with van der Waals surface area (Å²) in [5.41, 5.74) is -0.208. The van der Waals surface area contributed by atoms with E-state index in [9.17, 15) is 23.6 Å². The van der Waals surface area contributed by atoms with Crippen molar-refractivity contribution in [3.05, 3.63) is 35.6 Å². The standard InChI is InChI=1S/C19H24FN3O5/c1-12(17(25)23-19(27)22-13-7-3-2-4-8-13)28-16(24)11-21-18(26)14-9-5-6-10-15(14)20/h5-6,9-10,12-13H,2-4,7-8,11H2,1H3,(H,21,26)(H2,22,23,25,27)/t12-/m1/s1. The van der Waals surface area contributed by atoms with E-state index in [4.69, 9.17) is 4.74 Å². The molecule has 2 rings (SSSR count). The summed E-state index contributed by atoms with van der Waals surface area (Å²) >= 11 is 0. The smallest absolute Gasteiger partial charge is 0.326 e. The zero-order valence-corrected chi connectivity index (χ0v) is 15.6. The number of ether oxygens (including phenoxy) is 1. The van der Waals surface area contributed by atoms with Crippen LogP contribution in [0.5, 0.6) is 0 Å². The molecular weight excluding hydrogens is 369 g/mol. The minimum atomic E-state index is -1.23. The molecule has 1 aliphatic rings. The van der Waals surface area contributed by atoms with E-state index >= 15 is 0 Å². The Labute approximate surface area is 162 Å². The fourth-order valence-corrected chi connectivity index (χ4v) is 2.87. The van der Waals surface area contributed by atoms with Crippen LogP contribution in [-0.4, -0.2) is 42.5 Å². The topological polar surface area (TPSA) is 114 Å². The molecule has 4 amide bonds. The highest BCUT2D eigenvalue weighted by Gasteiger charge is 2.22. The van der Waals surface area contributed by atoms with Crippen LogP contribution in [0.15, 0.2) is 24.3 Å². The van der Waals surface area contributed by atoms with Gasteiger partial charge in [-0.2, -0.15) is 0 Å². The van der Waals surface area contributed by atoms with Crippen molar-refractivity contribution in [3.63, 3.8) is 0 Å². The number of esters is 1. The van der Waals surface area contributed by atoms with Crippen LogP contribution < -0.4 is 16.0 Å². The average Bonchev–Trinajstić information content (AvgIpc) is 2.67. The molecule has 0 unspecified atom stereocenters. The molecule has 1 aromatic rings. The van der Waals surface area contributed by atoms with Gasteiger partial charge in [0.1, 0.15) is 12.4 Å². The number of rotatable bonds is 6. The van der Waals surface area contributed by atoms with Gasteiger partial charge < -0.3 is 15.4 Å². The van der Waals surface area contributed by atoms with Gasteiger partial charge in [-0.05, 0) is 31.9 Å². The van der Waals surface area contributed by atoms with E-state index in [0.717, 1.165) is 38.2 Å². The monoisotopic (exact) mass is 393 g/mol. The van der Waals surface area contributed by atoms with E-state index < -0.39 is 42.3 Å². The first-order valence-electron chi connectivity index (χ1n) is 9.20. The lowest BCUT2D eigenvalue weighted by molar-refractivity contribution is -0.153. The van der Waals surface area contributed by atoms with Crippen molar-refractivity contribution in [1.82, 2.24) is 16.0 Å². The molecule has 152 valence electrons. The average molecular weight is 393 g/mol. The van der Waals surface area contributed by atoms with Crippen molar-refractivity contribution in [2.45, 2.75) is 51.2 Å². The highest BCUT2D eigenvalue weighted by Crippen LogP contribution is 2.17. The minimum absolute atomic E-state index is 0.0352. The van der Waals surface area contributed by atoms with Gasteiger partial charge in [-0.1, -0.05) is 31.4 Å². The quantitative estimate of drug-likeness (QED) is 0.636. The third-order valence-corrected chi connectivity index (χ3v) is 4.37. The molecule has 1 aliphatic carbocycles. The molecule has 0 radical (unpaired) electrons. The van der Waals surface area contributed by atoms with Gasteiger partial charge >= 0.3 is 12.0 Å². The molecule has 0 heterocycles.